The average Bonchev–Trinajstić information content (AvgIpc) is 2.64. The molecule has 0 aliphatic heterocycles. The zero-order valence-electron chi connectivity index (χ0n) is 17.3. The van der Waals surface area contributed by atoms with Crippen LogP contribution in [0, 0.1) is 13.8 Å². The first-order valence-corrected chi connectivity index (χ1v) is 11.5. The number of sulfonamides is 1. The predicted octanol–water partition coefficient (Wildman–Crippen LogP) is 4.19. The van der Waals surface area contributed by atoms with Crippen molar-refractivity contribution in [1.29, 1.82) is 0 Å². The first kappa shape index (κ1) is 22.0. The molecule has 0 aliphatic rings. The summed E-state index contributed by atoms with van der Waals surface area (Å²) >= 11 is 0. The molecular formula is C22H30N2O3S. The second-order valence-electron chi connectivity index (χ2n) is 7.19. The summed E-state index contributed by atoms with van der Waals surface area (Å²) in [6.07, 6.45) is 3.00. The lowest BCUT2D eigenvalue weighted by Crippen LogP contribution is -2.33. The zero-order chi connectivity index (χ0) is 20.9. The molecule has 0 unspecified atom stereocenters. The molecule has 5 nitrogen and oxygen atoms in total. The molecule has 0 atom stereocenters. The van der Waals surface area contributed by atoms with Crippen LogP contribution in [0.4, 0.5) is 5.69 Å². The third-order valence-electron chi connectivity index (χ3n) is 4.95. The zero-order valence-corrected chi connectivity index (χ0v) is 18.1. The lowest BCUT2D eigenvalue weighted by molar-refractivity contribution is 0.0935. The summed E-state index contributed by atoms with van der Waals surface area (Å²) in [4.78, 5) is 12.4. The van der Waals surface area contributed by atoms with Crippen molar-refractivity contribution in [3.05, 3.63) is 64.7 Å². The molecule has 2 rings (SSSR count). The van der Waals surface area contributed by atoms with E-state index in [2.05, 4.69) is 5.32 Å². The van der Waals surface area contributed by atoms with E-state index in [1.165, 1.54) is 10.6 Å². The molecule has 0 heterocycles. The quantitative estimate of drug-likeness (QED) is 0.720. The minimum Gasteiger partial charge on any atom is -0.349 e. The third-order valence-corrected chi connectivity index (χ3v) is 6.06. The van der Waals surface area contributed by atoms with Gasteiger partial charge in [0.2, 0.25) is 10.0 Å². The Labute approximate surface area is 168 Å². The van der Waals surface area contributed by atoms with E-state index < -0.39 is 10.0 Å². The number of para-hydroxylation sites is 1. The summed E-state index contributed by atoms with van der Waals surface area (Å²) in [5, 5.41) is 3.01. The van der Waals surface area contributed by atoms with E-state index in [1.807, 2.05) is 58.0 Å². The molecule has 0 aromatic heterocycles. The van der Waals surface area contributed by atoms with Gasteiger partial charge in [0.25, 0.3) is 5.91 Å². The number of carbonyl (C=O) groups is 1. The highest BCUT2D eigenvalue weighted by Gasteiger charge is 2.21. The first-order valence-electron chi connectivity index (χ1n) is 9.61. The van der Waals surface area contributed by atoms with Gasteiger partial charge >= 0.3 is 0 Å². The smallest absolute Gasteiger partial charge is 0.251 e. The molecule has 1 N–H and O–H groups in total. The standard InChI is InChI=1S/C22H30N2O3S/c1-6-20(7-2)23-22(25)19-13-11-18(12-14-19)15-24(28(5,26)27)21-16(3)9-8-10-17(21)4/h8-14,20H,6-7,15H2,1-5H3,(H,23,25). The topological polar surface area (TPSA) is 66.5 Å². The van der Waals surface area contributed by atoms with Gasteiger partial charge in [0.15, 0.2) is 0 Å². The molecule has 152 valence electrons. The second kappa shape index (κ2) is 9.24. The highest BCUT2D eigenvalue weighted by molar-refractivity contribution is 7.92. The lowest BCUT2D eigenvalue weighted by atomic mass is 10.1. The van der Waals surface area contributed by atoms with Crippen molar-refractivity contribution in [3.63, 3.8) is 0 Å². The summed E-state index contributed by atoms with van der Waals surface area (Å²) < 4.78 is 26.4. The number of nitrogens with zero attached hydrogens (tertiary/aromatic N) is 1. The van der Waals surface area contributed by atoms with Crippen LogP contribution in [0.15, 0.2) is 42.5 Å². The highest BCUT2D eigenvalue weighted by Crippen LogP contribution is 2.28. The molecule has 28 heavy (non-hydrogen) atoms. The minimum absolute atomic E-state index is 0.102. The van der Waals surface area contributed by atoms with Crippen LogP contribution in [0.25, 0.3) is 0 Å². The number of hydrogen-bond acceptors (Lipinski definition) is 3. The molecule has 1 amide bonds. The number of aryl methyl sites for hydroxylation is 2. The Balaban J connectivity index is 2.26. The van der Waals surface area contributed by atoms with Crippen LogP contribution in [-0.4, -0.2) is 26.6 Å². The molecule has 2 aromatic carbocycles. The fourth-order valence-electron chi connectivity index (χ4n) is 3.25. The van der Waals surface area contributed by atoms with Crippen molar-refractivity contribution in [2.75, 3.05) is 10.6 Å². The fourth-order valence-corrected chi connectivity index (χ4v) is 4.25. The van der Waals surface area contributed by atoms with Gasteiger partial charge in [0.05, 0.1) is 18.5 Å². The van der Waals surface area contributed by atoms with Crippen molar-refractivity contribution < 1.29 is 13.2 Å². The monoisotopic (exact) mass is 402 g/mol. The summed E-state index contributed by atoms with van der Waals surface area (Å²) in [5.41, 5.74) is 3.93. The Bertz CT molecular complexity index is 897. The van der Waals surface area contributed by atoms with E-state index in [1.54, 1.807) is 12.1 Å². The molecule has 0 spiro atoms. The number of amides is 1. The number of nitrogens with one attached hydrogen (secondary N) is 1. The Morgan fingerprint density at radius 3 is 2.00 bits per heavy atom. The van der Waals surface area contributed by atoms with Crippen molar-refractivity contribution >= 4 is 21.6 Å². The summed E-state index contributed by atoms with van der Waals surface area (Å²) in [6.45, 7) is 8.13. The SMILES string of the molecule is CCC(CC)NC(=O)c1ccc(CN(c2c(C)cccc2C)S(C)(=O)=O)cc1. The molecule has 0 fully saturated rings. The van der Waals surface area contributed by atoms with E-state index in [4.69, 9.17) is 0 Å². The maximum absolute atomic E-state index is 12.5. The molecule has 0 aliphatic carbocycles. The van der Waals surface area contributed by atoms with Crippen LogP contribution in [0.3, 0.4) is 0 Å². The molecule has 6 heteroatoms. The highest BCUT2D eigenvalue weighted by atomic mass is 32.2. The maximum atomic E-state index is 12.5. The van der Waals surface area contributed by atoms with Gasteiger partial charge in [0, 0.05) is 11.6 Å². The normalized spacial score (nSPS) is 11.5. The van der Waals surface area contributed by atoms with Crippen molar-refractivity contribution in [2.45, 2.75) is 53.1 Å². The molecule has 0 bridgehead atoms. The number of benzene rings is 2. The van der Waals surface area contributed by atoms with Crippen molar-refractivity contribution in [2.24, 2.45) is 0 Å². The third kappa shape index (κ3) is 5.35. The first-order chi connectivity index (χ1) is 13.2. The summed E-state index contributed by atoms with van der Waals surface area (Å²) in [6, 6.07) is 13.0. The Hall–Kier alpha value is -2.34. The Morgan fingerprint density at radius 1 is 1.00 bits per heavy atom. The van der Waals surface area contributed by atoms with Crippen LogP contribution in [0.1, 0.15) is 53.7 Å². The largest absolute Gasteiger partial charge is 0.349 e. The molecule has 0 saturated heterocycles. The Kier molecular flexibility index (Phi) is 7.24. The Morgan fingerprint density at radius 2 is 1.54 bits per heavy atom. The number of rotatable bonds is 8. The van der Waals surface area contributed by atoms with Gasteiger partial charge in [-0.2, -0.15) is 0 Å². The maximum Gasteiger partial charge on any atom is 0.251 e. The van der Waals surface area contributed by atoms with Gasteiger partial charge in [-0.05, 0) is 55.5 Å². The van der Waals surface area contributed by atoms with Gasteiger partial charge < -0.3 is 5.32 Å². The van der Waals surface area contributed by atoms with Gasteiger partial charge in [-0.1, -0.05) is 44.2 Å². The molecular weight excluding hydrogens is 372 g/mol. The van der Waals surface area contributed by atoms with Crippen LogP contribution in [0.5, 0.6) is 0 Å². The van der Waals surface area contributed by atoms with Crippen LogP contribution >= 0.6 is 0 Å². The molecule has 2 aromatic rings. The molecule has 0 saturated carbocycles. The van der Waals surface area contributed by atoms with Gasteiger partial charge in [-0.3, -0.25) is 9.10 Å². The van der Waals surface area contributed by atoms with Crippen molar-refractivity contribution in [3.8, 4) is 0 Å². The van der Waals surface area contributed by atoms with Gasteiger partial charge in [-0.25, -0.2) is 8.42 Å². The van der Waals surface area contributed by atoms with Gasteiger partial charge in [-0.15, -0.1) is 0 Å². The average molecular weight is 403 g/mol. The van der Waals surface area contributed by atoms with E-state index in [0.29, 0.717) is 11.3 Å². The van der Waals surface area contributed by atoms with E-state index in [-0.39, 0.29) is 18.5 Å². The van der Waals surface area contributed by atoms with E-state index in [9.17, 15) is 13.2 Å². The number of carbonyl (C=O) groups excluding carboxylic acids is 1. The lowest BCUT2D eigenvalue weighted by Gasteiger charge is -2.26. The van der Waals surface area contributed by atoms with E-state index >= 15 is 0 Å². The van der Waals surface area contributed by atoms with Crippen LogP contribution in [-0.2, 0) is 16.6 Å². The van der Waals surface area contributed by atoms with Crippen LogP contribution in [0.2, 0.25) is 0 Å². The second-order valence-corrected chi connectivity index (χ2v) is 9.10. The van der Waals surface area contributed by atoms with Gasteiger partial charge in [0.1, 0.15) is 0 Å². The predicted molar refractivity (Wildman–Crippen MR) is 115 cm³/mol. The summed E-state index contributed by atoms with van der Waals surface area (Å²) in [5.74, 6) is -0.102. The molecule has 0 radical (unpaired) electrons. The minimum atomic E-state index is -3.46. The fraction of sp³-hybridized carbons (Fsp3) is 0.409. The van der Waals surface area contributed by atoms with Crippen LogP contribution < -0.4 is 9.62 Å². The number of hydrogen-bond donors (Lipinski definition) is 1. The van der Waals surface area contributed by atoms with E-state index in [0.717, 1.165) is 29.5 Å². The summed E-state index contributed by atoms with van der Waals surface area (Å²) in [7, 11) is -3.46. The van der Waals surface area contributed by atoms with Crippen molar-refractivity contribution in [1.82, 2.24) is 5.32 Å². The number of anilines is 1.